The van der Waals surface area contributed by atoms with Gasteiger partial charge in [0.1, 0.15) is 10.7 Å². The molecule has 142 valence electrons. The van der Waals surface area contributed by atoms with Crippen molar-refractivity contribution in [3.63, 3.8) is 0 Å². The lowest BCUT2D eigenvalue weighted by molar-refractivity contribution is 0.102. The molecule has 0 aliphatic carbocycles. The van der Waals surface area contributed by atoms with Crippen LogP contribution in [0, 0.1) is 0 Å². The summed E-state index contributed by atoms with van der Waals surface area (Å²) < 4.78 is 27.5. The van der Waals surface area contributed by atoms with E-state index < -0.39 is 15.9 Å². The molecule has 0 aliphatic rings. The van der Waals surface area contributed by atoms with E-state index in [4.69, 9.17) is 11.6 Å². The number of anilines is 1. The van der Waals surface area contributed by atoms with E-state index in [0.29, 0.717) is 12.4 Å². The fourth-order valence-corrected chi connectivity index (χ4v) is 4.42. The Bertz CT molecular complexity index is 1060. The molecule has 0 saturated carbocycles. The summed E-state index contributed by atoms with van der Waals surface area (Å²) in [6.07, 6.45) is 1.59. The Balaban J connectivity index is 1.85. The molecule has 0 saturated heterocycles. The molecule has 0 unspecified atom stereocenters. The number of thiophene rings is 1. The van der Waals surface area contributed by atoms with Gasteiger partial charge in [0.25, 0.3) is 5.91 Å². The lowest BCUT2D eigenvalue weighted by Crippen LogP contribution is -2.23. The molecule has 0 atom stereocenters. The molecule has 3 rings (SSSR count). The number of amides is 1. The summed E-state index contributed by atoms with van der Waals surface area (Å²) in [5.41, 5.74) is 0.184. The third-order valence-corrected chi connectivity index (χ3v) is 6.95. The van der Waals surface area contributed by atoms with Gasteiger partial charge in [0.15, 0.2) is 0 Å². The first-order valence-corrected chi connectivity index (χ1v) is 10.6. The SMILES string of the molecule is CN(C)S(=O)(=O)c1cc(C(=O)Nc2ccnn2Cc2cccs2)ccc1Cl. The number of nitrogens with zero attached hydrogens (tertiary/aromatic N) is 3. The number of halogens is 1. The minimum atomic E-state index is -3.76. The van der Waals surface area contributed by atoms with Crippen LogP contribution in [0.4, 0.5) is 5.82 Å². The second-order valence-electron chi connectivity index (χ2n) is 5.84. The second kappa shape index (κ2) is 7.81. The molecule has 0 bridgehead atoms. The standard InChI is InChI=1S/C17H17ClN4O3S2/c1-21(2)27(24,25)15-10-12(5-6-14(15)18)17(23)20-16-7-8-19-22(16)11-13-4-3-9-26-13/h3-10H,11H2,1-2H3,(H,20,23). The predicted octanol–water partition coefficient (Wildman–Crippen LogP) is 3.15. The van der Waals surface area contributed by atoms with Crippen LogP contribution in [0.25, 0.3) is 0 Å². The molecule has 7 nitrogen and oxygen atoms in total. The van der Waals surface area contributed by atoms with E-state index >= 15 is 0 Å². The minimum absolute atomic E-state index is 0.0583. The van der Waals surface area contributed by atoms with E-state index in [1.165, 1.54) is 32.3 Å². The summed E-state index contributed by atoms with van der Waals surface area (Å²) in [5, 5.41) is 9.01. The second-order valence-corrected chi connectivity index (χ2v) is 9.40. The van der Waals surface area contributed by atoms with Crippen LogP contribution in [0.15, 0.2) is 52.9 Å². The summed E-state index contributed by atoms with van der Waals surface area (Å²) in [6, 6.07) is 9.76. The highest BCUT2D eigenvalue weighted by molar-refractivity contribution is 7.89. The molecule has 27 heavy (non-hydrogen) atoms. The van der Waals surface area contributed by atoms with Crippen LogP contribution in [-0.2, 0) is 16.6 Å². The molecule has 0 radical (unpaired) electrons. The van der Waals surface area contributed by atoms with Crippen molar-refractivity contribution in [2.75, 3.05) is 19.4 Å². The van der Waals surface area contributed by atoms with Gasteiger partial charge in [-0.1, -0.05) is 17.7 Å². The quantitative estimate of drug-likeness (QED) is 0.658. The topological polar surface area (TPSA) is 84.3 Å². The molecule has 1 amide bonds. The Morgan fingerprint density at radius 2 is 2.07 bits per heavy atom. The number of hydrogen-bond donors (Lipinski definition) is 1. The van der Waals surface area contributed by atoms with Gasteiger partial charge < -0.3 is 5.32 Å². The molecular weight excluding hydrogens is 408 g/mol. The van der Waals surface area contributed by atoms with Crippen LogP contribution in [-0.4, -0.2) is 42.5 Å². The maximum Gasteiger partial charge on any atom is 0.256 e. The monoisotopic (exact) mass is 424 g/mol. The number of carbonyl (C=O) groups is 1. The van der Waals surface area contributed by atoms with Crippen LogP contribution in [0.5, 0.6) is 0 Å². The summed E-state index contributed by atoms with van der Waals surface area (Å²) >= 11 is 7.62. The van der Waals surface area contributed by atoms with Gasteiger partial charge in [-0.3, -0.25) is 4.79 Å². The van der Waals surface area contributed by atoms with Crippen molar-refractivity contribution in [3.05, 3.63) is 63.4 Å². The Hall–Kier alpha value is -2.20. The maximum atomic E-state index is 12.6. The number of hydrogen-bond acceptors (Lipinski definition) is 5. The van der Waals surface area contributed by atoms with E-state index in [2.05, 4.69) is 10.4 Å². The van der Waals surface area contributed by atoms with Crippen LogP contribution in [0.1, 0.15) is 15.2 Å². The largest absolute Gasteiger partial charge is 0.307 e. The van der Waals surface area contributed by atoms with Gasteiger partial charge in [-0.25, -0.2) is 17.4 Å². The van der Waals surface area contributed by atoms with E-state index in [-0.39, 0.29) is 15.5 Å². The van der Waals surface area contributed by atoms with Gasteiger partial charge in [0, 0.05) is 30.6 Å². The van der Waals surface area contributed by atoms with Crippen molar-refractivity contribution in [1.82, 2.24) is 14.1 Å². The summed E-state index contributed by atoms with van der Waals surface area (Å²) in [7, 11) is -0.954. The fourth-order valence-electron chi connectivity index (χ4n) is 2.34. The molecular formula is C17H17ClN4O3S2. The minimum Gasteiger partial charge on any atom is -0.307 e. The molecule has 3 aromatic rings. The normalized spacial score (nSPS) is 11.7. The average Bonchev–Trinajstić information content (AvgIpc) is 3.28. The number of rotatable bonds is 6. The van der Waals surface area contributed by atoms with Crippen LogP contribution in [0.2, 0.25) is 5.02 Å². The molecule has 2 heterocycles. The lowest BCUT2D eigenvalue weighted by atomic mass is 10.2. The lowest BCUT2D eigenvalue weighted by Gasteiger charge is -2.14. The molecule has 2 aromatic heterocycles. The van der Waals surface area contributed by atoms with Crippen LogP contribution < -0.4 is 5.32 Å². The predicted molar refractivity (Wildman–Crippen MR) is 106 cm³/mol. The Labute approximate surface area is 166 Å². The number of carbonyl (C=O) groups excluding carboxylic acids is 1. The van der Waals surface area contributed by atoms with Crippen molar-refractivity contribution in [2.45, 2.75) is 11.4 Å². The van der Waals surface area contributed by atoms with Crippen LogP contribution >= 0.6 is 22.9 Å². The third kappa shape index (κ3) is 4.22. The molecule has 0 spiro atoms. The average molecular weight is 425 g/mol. The van der Waals surface area contributed by atoms with Crippen molar-refractivity contribution < 1.29 is 13.2 Å². The number of nitrogens with one attached hydrogen (secondary N) is 1. The van der Waals surface area contributed by atoms with Crippen molar-refractivity contribution in [3.8, 4) is 0 Å². The Morgan fingerprint density at radius 1 is 1.30 bits per heavy atom. The highest BCUT2D eigenvalue weighted by atomic mass is 35.5. The van der Waals surface area contributed by atoms with Gasteiger partial charge in [-0.15, -0.1) is 11.3 Å². The van der Waals surface area contributed by atoms with E-state index in [1.807, 2.05) is 17.5 Å². The fraction of sp³-hybridized carbons (Fsp3) is 0.176. The molecule has 0 fully saturated rings. The van der Waals surface area contributed by atoms with Gasteiger partial charge in [-0.05, 0) is 29.6 Å². The maximum absolute atomic E-state index is 12.6. The zero-order valence-corrected chi connectivity index (χ0v) is 17.0. The van der Waals surface area contributed by atoms with Crippen LogP contribution in [0.3, 0.4) is 0 Å². The van der Waals surface area contributed by atoms with E-state index in [1.54, 1.807) is 28.3 Å². The smallest absolute Gasteiger partial charge is 0.256 e. The summed E-state index contributed by atoms with van der Waals surface area (Å²) in [6.45, 7) is 0.529. The van der Waals surface area contributed by atoms with Crippen molar-refractivity contribution in [1.29, 1.82) is 0 Å². The van der Waals surface area contributed by atoms with Gasteiger partial charge in [0.2, 0.25) is 10.0 Å². The first-order chi connectivity index (χ1) is 12.8. The summed E-state index contributed by atoms with van der Waals surface area (Å²) in [4.78, 5) is 13.6. The first kappa shape index (κ1) is 19.6. The van der Waals surface area contributed by atoms with Gasteiger partial charge in [0.05, 0.1) is 17.8 Å². The molecule has 1 aromatic carbocycles. The van der Waals surface area contributed by atoms with Gasteiger partial charge >= 0.3 is 0 Å². The molecule has 1 N–H and O–H groups in total. The molecule has 0 aliphatic heterocycles. The number of benzene rings is 1. The molecule has 10 heteroatoms. The summed E-state index contributed by atoms with van der Waals surface area (Å²) in [5.74, 6) is 0.0650. The third-order valence-electron chi connectivity index (χ3n) is 3.80. The number of aromatic nitrogens is 2. The van der Waals surface area contributed by atoms with Crippen molar-refractivity contribution in [2.24, 2.45) is 0 Å². The zero-order chi connectivity index (χ0) is 19.6. The van der Waals surface area contributed by atoms with Gasteiger partial charge in [-0.2, -0.15) is 5.10 Å². The van der Waals surface area contributed by atoms with E-state index in [9.17, 15) is 13.2 Å². The first-order valence-electron chi connectivity index (χ1n) is 7.86. The number of sulfonamides is 1. The highest BCUT2D eigenvalue weighted by Gasteiger charge is 2.22. The highest BCUT2D eigenvalue weighted by Crippen LogP contribution is 2.25. The van der Waals surface area contributed by atoms with Crippen molar-refractivity contribution >= 4 is 44.7 Å². The zero-order valence-electron chi connectivity index (χ0n) is 14.6. The Kier molecular flexibility index (Phi) is 5.66. The van der Waals surface area contributed by atoms with E-state index in [0.717, 1.165) is 9.18 Å². The Morgan fingerprint density at radius 3 is 2.74 bits per heavy atom.